The van der Waals surface area contributed by atoms with E-state index in [9.17, 15) is 25.0 Å². The Balaban J connectivity index is 1.54. The summed E-state index contributed by atoms with van der Waals surface area (Å²) in [5.41, 5.74) is 1.45. The summed E-state index contributed by atoms with van der Waals surface area (Å²) in [4.78, 5) is 35.7. The van der Waals surface area contributed by atoms with Crippen LogP contribution >= 0.6 is 24.0 Å². The number of hydrogen-bond acceptors (Lipinski definition) is 8. The summed E-state index contributed by atoms with van der Waals surface area (Å²) in [6, 6.07) is 17.2. The van der Waals surface area contributed by atoms with E-state index in [0.717, 1.165) is 23.4 Å². The van der Waals surface area contributed by atoms with Gasteiger partial charge in [0.05, 0.1) is 26.5 Å². The number of thioether (sulfide) groups is 1. The number of anilines is 1. The van der Waals surface area contributed by atoms with E-state index in [0.29, 0.717) is 20.5 Å². The van der Waals surface area contributed by atoms with Gasteiger partial charge in [0, 0.05) is 6.07 Å². The quantitative estimate of drug-likeness (QED) is 0.177. The second-order valence-electron chi connectivity index (χ2n) is 7.14. The average Bonchev–Trinajstić information content (AvgIpc) is 3.08. The molecule has 1 saturated heterocycles. The van der Waals surface area contributed by atoms with Crippen LogP contribution in [0.5, 0.6) is 11.5 Å². The number of thiocarbonyl (C=S) groups is 1. The first-order valence-electron chi connectivity index (χ1n) is 9.79. The number of amides is 1. The Hall–Kier alpha value is -4.09. The number of carbonyl (C=O) groups excluding carboxylic acids is 1. The maximum Gasteiger partial charge on any atom is 0.318 e. The highest BCUT2D eigenvalue weighted by molar-refractivity contribution is 8.27. The van der Waals surface area contributed by atoms with E-state index in [4.69, 9.17) is 17.0 Å². The predicted molar refractivity (Wildman–Crippen MR) is 133 cm³/mol. The van der Waals surface area contributed by atoms with Gasteiger partial charge in [0.2, 0.25) is 5.75 Å². The van der Waals surface area contributed by atoms with E-state index in [1.165, 1.54) is 22.7 Å². The van der Waals surface area contributed by atoms with Crippen LogP contribution in [0.4, 0.5) is 17.1 Å². The summed E-state index contributed by atoms with van der Waals surface area (Å²) < 4.78 is 6.01. The summed E-state index contributed by atoms with van der Waals surface area (Å²) in [5, 5.41) is 22.2. The Labute approximate surface area is 202 Å². The number of nitrogens with zero attached hydrogens (tertiary/aromatic N) is 3. The van der Waals surface area contributed by atoms with Crippen molar-refractivity contribution < 1.29 is 19.4 Å². The molecule has 0 spiro atoms. The van der Waals surface area contributed by atoms with E-state index < -0.39 is 21.2 Å². The van der Waals surface area contributed by atoms with E-state index in [1.54, 1.807) is 30.3 Å². The highest BCUT2D eigenvalue weighted by Crippen LogP contribution is 2.38. The molecule has 170 valence electrons. The minimum Gasteiger partial charge on any atom is -0.450 e. The second kappa shape index (κ2) is 9.41. The molecule has 11 heteroatoms. The van der Waals surface area contributed by atoms with Gasteiger partial charge in [0.25, 0.3) is 11.6 Å². The minimum atomic E-state index is -0.743. The third-order valence-corrected chi connectivity index (χ3v) is 6.21. The first-order chi connectivity index (χ1) is 16.2. The third-order valence-electron chi connectivity index (χ3n) is 4.91. The van der Waals surface area contributed by atoms with Crippen molar-refractivity contribution in [2.75, 3.05) is 4.90 Å². The number of nitro benzene ring substituents is 2. The molecular weight excluding hydrogens is 478 g/mol. The van der Waals surface area contributed by atoms with Crippen LogP contribution in [0.2, 0.25) is 0 Å². The first-order valence-corrected chi connectivity index (χ1v) is 11.0. The molecule has 9 nitrogen and oxygen atoms in total. The number of rotatable bonds is 6. The molecule has 0 unspecified atom stereocenters. The molecule has 0 aromatic heterocycles. The van der Waals surface area contributed by atoms with Crippen molar-refractivity contribution in [1.82, 2.24) is 0 Å². The van der Waals surface area contributed by atoms with Crippen LogP contribution in [0.25, 0.3) is 6.08 Å². The van der Waals surface area contributed by atoms with Gasteiger partial charge < -0.3 is 4.74 Å². The number of aryl methyl sites for hydroxylation is 1. The minimum absolute atomic E-state index is 0.123. The Kier molecular flexibility index (Phi) is 6.39. The number of nitro groups is 2. The number of carbonyl (C=O) groups is 1. The van der Waals surface area contributed by atoms with Gasteiger partial charge in [-0.3, -0.25) is 29.9 Å². The normalized spacial score (nSPS) is 14.5. The van der Waals surface area contributed by atoms with Crippen molar-refractivity contribution >= 4 is 57.3 Å². The fraction of sp³-hybridized carbons (Fsp3) is 0.0435. The van der Waals surface area contributed by atoms with Gasteiger partial charge in [0.1, 0.15) is 5.75 Å². The van der Waals surface area contributed by atoms with Crippen molar-refractivity contribution in [3.63, 3.8) is 0 Å². The maximum absolute atomic E-state index is 13.0. The largest absolute Gasteiger partial charge is 0.450 e. The molecule has 0 N–H and O–H groups in total. The van der Waals surface area contributed by atoms with Crippen molar-refractivity contribution in [1.29, 1.82) is 0 Å². The summed E-state index contributed by atoms with van der Waals surface area (Å²) >= 11 is 6.62. The van der Waals surface area contributed by atoms with Gasteiger partial charge in [-0.1, -0.05) is 54.3 Å². The van der Waals surface area contributed by atoms with E-state index in [1.807, 2.05) is 31.2 Å². The number of ether oxygens (including phenoxy) is 1. The molecule has 1 fully saturated rings. The lowest BCUT2D eigenvalue weighted by molar-refractivity contribution is -0.394. The summed E-state index contributed by atoms with van der Waals surface area (Å²) in [7, 11) is 0. The zero-order valence-corrected chi connectivity index (χ0v) is 19.2. The zero-order valence-electron chi connectivity index (χ0n) is 17.5. The van der Waals surface area contributed by atoms with Crippen LogP contribution in [0.3, 0.4) is 0 Å². The Morgan fingerprint density at radius 1 is 1.00 bits per heavy atom. The van der Waals surface area contributed by atoms with E-state index in [2.05, 4.69) is 0 Å². The molecule has 1 heterocycles. The molecule has 0 saturated carbocycles. The average molecular weight is 494 g/mol. The van der Waals surface area contributed by atoms with Gasteiger partial charge in [0.15, 0.2) is 4.32 Å². The molecule has 1 aliphatic rings. The maximum atomic E-state index is 13.0. The van der Waals surface area contributed by atoms with Crippen molar-refractivity contribution in [2.24, 2.45) is 0 Å². The van der Waals surface area contributed by atoms with Crippen LogP contribution in [-0.2, 0) is 4.79 Å². The lowest BCUT2D eigenvalue weighted by Gasteiger charge is -2.16. The number of non-ortho nitro benzene ring substituents is 1. The van der Waals surface area contributed by atoms with Gasteiger partial charge >= 0.3 is 5.69 Å². The van der Waals surface area contributed by atoms with Gasteiger partial charge in [-0.15, -0.1) is 0 Å². The monoisotopic (exact) mass is 493 g/mol. The summed E-state index contributed by atoms with van der Waals surface area (Å²) in [6.07, 6.45) is 1.70. The van der Waals surface area contributed by atoms with Crippen molar-refractivity contribution in [2.45, 2.75) is 6.92 Å². The van der Waals surface area contributed by atoms with Crippen LogP contribution in [-0.4, -0.2) is 20.1 Å². The molecule has 0 aliphatic carbocycles. The molecule has 4 rings (SSSR count). The van der Waals surface area contributed by atoms with E-state index >= 15 is 0 Å². The van der Waals surface area contributed by atoms with Gasteiger partial charge in [-0.05, 0) is 48.4 Å². The molecule has 34 heavy (non-hydrogen) atoms. The van der Waals surface area contributed by atoms with Crippen LogP contribution in [0.1, 0.15) is 11.1 Å². The number of hydrogen-bond donors (Lipinski definition) is 0. The molecular formula is C23H15N3O6S2. The van der Waals surface area contributed by atoms with Crippen LogP contribution < -0.4 is 9.64 Å². The molecule has 3 aromatic rings. The molecule has 1 aliphatic heterocycles. The fourth-order valence-electron chi connectivity index (χ4n) is 3.25. The van der Waals surface area contributed by atoms with Crippen molar-refractivity contribution in [3.05, 3.63) is 103 Å². The number of benzene rings is 3. The van der Waals surface area contributed by atoms with Gasteiger partial charge in [-0.25, -0.2) is 0 Å². The Morgan fingerprint density at radius 3 is 2.35 bits per heavy atom. The molecule has 3 aromatic carbocycles. The molecule has 0 atom stereocenters. The highest BCUT2D eigenvalue weighted by Gasteiger charge is 2.33. The lowest BCUT2D eigenvalue weighted by atomic mass is 10.1. The Morgan fingerprint density at radius 2 is 1.71 bits per heavy atom. The zero-order chi connectivity index (χ0) is 24.4. The molecule has 0 bridgehead atoms. The van der Waals surface area contributed by atoms with Crippen molar-refractivity contribution in [3.8, 4) is 11.5 Å². The molecule has 1 amide bonds. The van der Waals surface area contributed by atoms with Crippen LogP contribution in [0.15, 0.2) is 71.6 Å². The highest BCUT2D eigenvalue weighted by atomic mass is 32.2. The lowest BCUT2D eigenvalue weighted by Crippen LogP contribution is -2.28. The predicted octanol–water partition coefficient (Wildman–Crippen LogP) is 6.01. The standard InChI is InChI=1S/C23H15N3O6S2/c1-14-4-2-3-5-18(14)24-22(27)21(34-23(24)33)12-15-6-9-17(10-7-15)32-20-11-8-16(25(28)29)13-19(20)26(30)31/h2-13H,1H3/b21-12+. The third kappa shape index (κ3) is 4.65. The first kappa shape index (κ1) is 23.1. The van der Waals surface area contributed by atoms with E-state index in [-0.39, 0.29) is 11.7 Å². The topological polar surface area (TPSA) is 116 Å². The SMILES string of the molecule is Cc1ccccc1N1C(=O)/C(=C\c2ccc(Oc3ccc([N+](=O)[O-])cc3[N+](=O)[O-])cc2)SC1=S. The van der Waals surface area contributed by atoms with Gasteiger partial charge in [-0.2, -0.15) is 0 Å². The number of para-hydroxylation sites is 1. The molecule has 0 radical (unpaired) electrons. The fourth-order valence-corrected chi connectivity index (χ4v) is 4.53. The second-order valence-corrected chi connectivity index (χ2v) is 8.82. The smallest absolute Gasteiger partial charge is 0.318 e. The Bertz CT molecular complexity index is 1370. The summed E-state index contributed by atoms with van der Waals surface area (Å²) in [6.45, 7) is 1.91. The summed E-state index contributed by atoms with van der Waals surface area (Å²) in [5.74, 6) is -0.0462. The van der Waals surface area contributed by atoms with Crippen LogP contribution in [0, 0.1) is 27.2 Å².